The number of anilines is 1. The lowest BCUT2D eigenvalue weighted by molar-refractivity contribution is -0.137. The van der Waals surface area contributed by atoms with E-state index in [9.17, 15) is 9.59 Å². The fraction of sp³-hybridized carbons (Fsp3) is 0.429. The minimum Gasteiger partial charge on any atom is -0.481 e. The zero-order valence-electron chi connectivity index (χ0n) is 10.9. The number of nitrogens with zero attached hydrogens (tertiary/aromatic N) is 1. The number of benzene rings is 1. The second-order valence-electron chi connectivity index (χ2n) is 4.87. The molecule has 1 aliphatic heterocycles. The van der Waals surface area contributed by atoms with Crippen molar-refractivity contribution in [2.75, 3.05) is 18.0 Å². The molecule has 2 rings (SSSR count). The van der Waals surface area contributed by atoms with Crippen molar-refractivity contribution in [3.8, 4) is 0 Å². The summed E-state index contributed by atoms with van der Waals surface area (Å²) in [4.78, 5) is 24.4. The van der Waals surface area contributed by atoms with Crippen LogP contribution in [0.4, 0.5) is 5.69 Å². The van der Waals surface area contributed by atoms with E-state index in [-0.39, 0.29) is 24.9 Å². The van der Waals surface area contributed by atoms with E-state index in [0.29, 0.717) is 0 Å². The van der Waals surface area contributed by atoms with Crippen LogP contribution in [-0.4, -0.2) is 36.1 Å². The Balaban J connectivity index is 1.89. The number of hydrogen-bond acceptors (Lipinski definition) is 3. The molecule has 1 aromatic rings. The molecule has 1 unspecified atom stereocenters. The van der Waals surface area contributed by atoms with Crippen LogP contribution in [0.5, 0.6) is 0 Å². The third-order valence-corrected chi connectivity index (χ3v) is 3.21. The quantitative estimate of drug-likeness (QED) is 0.831. The van der Waals surface area contributed by atoms with Gasteiger partial charge in [-0.15, -0.1) is 0 Å². The number of carboxylic acid groups (broad SMARTS) is 1. The first-order chi connectivity index (χ1) is 9.06. The van der Waals surface area contributed by atoms with Crippen LogP contribution in [0, 0.1) is 0 Å². The molecule has 1 aromatic carbocycles. The molecular weight excluding hydrogens is 244 g/mol. The Kier molecular flexibility index (Phi) is 4.04. The standard InChI is InChI=1S/C14H18N2O3/c1-10(8-14(18)19)15-13(17)9-16-7-6-11-4-2-3-5-12(11)16/h2-5,10H,6-9H2,1H3,(H,15,17)(H,18,19). The highest BCUT2D eigenvalue weighted by molar-refractivity contribution is 5.83. The lowest BCUT2D eigenvalue weighted by atomic mass is 10.2. The summed E-state index contributed by atoms with van der Waals surface area (Å²) in [5.74, 6) is -1.04. The third kappa shape index (κ3) is 3.47. The average molecular weight is 262 g/mol. The molecule has 0 aromatic heterocycles. The van der Waals surface area contributed by atoms with Gasteiger partial charge in [-0.05, 0) is 25.0 Å². The van der Waals surface area contributed by atoms with Crippen LogP contribution in [0.25, 0.3) is 0 Å². The van der Waals surface area contributed by atoms with Gasteiger partial charge in [-0.2, -0.15) is 0 Å². The summed E-state index contributed by atoms with van der Waals surface area (Å²) in [6.45, 7) is 2.81. The smallest absolute Gasteiger partial charge is 0.305 e. The second-order valence-corrected chi connectivity index (χ2v) is 4.87. The van der Waals surface area contributed by atoms with Crippen molar-refractivity contribution in [1.82, 2.24) is 5.32 Å². The number of para-hydroxylation sites is 1. The minimum absolute atomic E-state index is 0.0532. The number of carbonyl (C=O) groups is 2. The normalized spacial score (nSPS) is 14.9. The third-order valence-electron chi connectivity index (χ3n) is 3.21. The van der Waals surface area contributed by atoms with Gasteiger partial charge in [0.2, 0.25) is 5.91 Å². The van der Waals surface area contributed by atoms with Gasteiger partial charge in [0.05, 0.1) is 13.0 Å². The van der Waals surface area contributed by atoms with E-state index in [2.05, 4.69) is 11.4 Å². The molecule has 1 atom stereocenters. The van der Waals surface area contributed by atoms with Gasteiger partial charge in [-0.1, -0.05) is 18.2 Å². The van der Waals surface area contributed by atoms with Gasteiger partial charge in [-0.25, -0.2) is 0 Å². The van der Waals surface area contributed by atoms with Crippen molar-refractivity contribution in [2.45, 2.75) is 25.8 Å². The number of carboxylic acids is 1. The highest BCUT2D eigenvalue weighted by Crippen LogP contribution is 2.26. The zero-order valence-corrected chi connectivity index (χ0v) is 10.9. The molecule has 2 N–H and O–H groups in total. The molecule has 1 amide bonds. The molecule has 1 aliphatic rings. The monoisotopic (exact) mass is 262 g/mol. The maximum atomic E-state index is 11.9. The number of amides is 1. The van der Waals surface area contributed by atoms with Crippen molar-refractivity contribution < 1.29 is 14.7 Å². The van der Waals surface area contributed by atoms with Gasteiger partial charge in [0, 0.05) is 18.3 Å². The predicted octanol–water partition coefficient (Wildman–Crippen LogP) is 1.03. The van der Waals surface area contributed by atoms with E-state index in [0.717, 1.165) is 18.7 Å². The molecule has 102 valence electrons. The molecular formula is C14H18N2O3. The molecule has 0 aliphatic carbocycles. The molecule has 0 radical (unpaired) electrons. The van der Waals surface area contributed by atoms with Crippen LogP contribution in [0.1, 0.15) is 18.9 Å². The summed E-state index contributed by atoms with van der Waals surface area (Å²) >= 11 is 0. The number of fused-ring (bicyclic) bond motifs is 1. The van der Waals surface area contributed by atoms with Crippen LogP contribution >= 0.6 is 0 Å². The van der Waals surface area contributed by atoms with Gasteiger partial charge in [0.25, 0.3) is 0 Å². The summed E-state index contributed by atoms with van der Waals surface area (Å²) in [5.41, 5.74) is 2.36. The number of rotatable bonds is 5. The Labute approximate surface area is 112 Å². The predicted molar refractivity (Wildman–Crippen MR) is 72.2 cm³/mol. The van der Waals surface area contributed by atoms with E-state index < -0.39 is 5.97 Å². The van der Waals surface area contributed by atoms with Gasteiger partial charge in [-0.3, -0.25) is 9.59 Å². The first kappa shape index (κ1) is 13.4. The molecule has 19 heavy (non-hydrogen) atoms. The fourth-order valence-electron chi connectivity index (χ4n) is 2.38. The lowest BCUT2D eigenvalue weighted by Gasteiger charge is -2.20. The molecule has 0 bridgehead atoms. The molecule has 0 fully saturated rings. The number of nitrogens with one attached hydrogen (secondary N) is 1. The van der Waals surface area contributed by atoms with Crippen molar-refractivity contribution in [1.29, 1.82) is 0 Å². The first-order valence-electron chi connectivity index (χ1n) is 6.40. The van der Waals surface area contributed by atoms with Crippen LogP contribution in [0.15, 0.2) is 24.3 Å². The summed E-state index contributed by atoms with van der Waals surface area (Å²) in [6, 6.07) is 7.69. The van der Waals surface area contributed by atoms with Crippen molar-refractivity contribution in [3.05, 3.63) is 29.8 Å². The minimum atomic E-state index is -0.903. The maximum Gasteiger partial charge on any atom is 0.305 e. The van der Waals surface area contributed by atoms with E-state index in [1.165, 1.54) is 5.56 Å². The lowest BCUT2D eigenvalue weighted by Crippen LogP contribution is -2.41. The molecule has 5 heteroatoms. The van der Waals surface area contributed by atoms with E-state index in [1.54, 1.807) is 6.92 Å². The van der Waals surface area contributed by atoms with Crippen LogP contribution in [0.2, 0.25) is 0 Å². The number of hydrogen-bond donors (Lipinski definition) is 2. The Morgan fingerprint density at radius 2 is 2.16 bits per heavy atom. The molecule has 5 nitrogen and oxygen atoms in total. The molecule has 0 saturated heterocycles. The SMILES string of the molecule is CC(CC(=O)O)NC(=O)CN1CCc2ccccc21. The number of aliphatic carboxylic acids is 1. The highest BCUT2D eigenvalue weighted by Gasteiger charge is 2.21. The fourth-order valence-corrected chi connectivity index (χ4v) is 2.38. The topological polar surface area (TPSA) is 69.6 Å². The molecule has 0 saturated carbocycles. The summed E-state index contributed by atoms with van der Waals surface area (Å²) in [6.07, 6.45) is 0.899. The van der Waals surface area contributed by atoms with E-state index in [4.69, 9.17) is 5.11 Å². The summed E-state index contributed by atoms with van der Waals surface area (Å²) in [5, 5.41) is 11.4. The first-order valence-corrected chi connectivity index (χ1v) is 6.40. The van der Waals surface area contributed by atoms with Crippen molar-refractivity contribution in [2.24, 2.45) is 0 Å². The molecule has 1 heterocycles. The Hall–Kier alpha value is -2.04. The van der Waals surface area contributed by atoms with Crippen LogP contribution < -0.4 is 10.2 Å². The summed E-state index contributed by atoms with van der Waals surface area (Å²) < 4.78 is 0. The number of carbonyl (C=O) groups excluding carboxylic acids is 1. The molecule has 0 spiro atoms. The zero-order chi connectivity index (χ0) is 13.8. The second kappa shape index (κ2) is 5.73. The van der Waals surface area contributed by atoms with E-state index >= 15 is 0 Å². The van der Waals surface area contributed by atoms with Crippen molar-refractivity contribution >= 4 is 17.6 Å². The highest BCUT2D eigenvalue weighted by atomic mass is 16.4. The largest absolute Gasteiger partial charge is 0.481 e. The van der Waals surface area contributed by atoms with Gasteiger partial charge >= 0.3 is 5.97 Å². The Morgan fingerprint density at radius 3 is 2.89 bits per heavy atom. The Bertz CT molecular complexity index is 487. The van der Waals surface area contributed by atoms with Crippen molar-refractivity contribution in [3.63, 3.8) is 0 Å². The maximum absolute atomic E-state index is 11.9. The van der Waals surface area contributed by atoms with E-state index in [1.807, 2.05) is 23.1 Å². The van der Waals surface area contributed by atoms with Crippen LogP contribution in [0.3, 0.4) is 0 Å². The summed E-state index contributed by atoms with van der Waals surface area (Å²) in [7, 11) is 0. The Morgan fingerprint density at radius 1 is 1.42 bits per heavy atom. The van der Waals surface area contributed by atoms with Gasteiger partial charge in [0.15, 0.2) is 0 Å². The van der Waals surface area contributed by atoms with Gasteiger partial charge < -0.3 is 15.3 Å². The van der Waals surface area contributed by atoms with Gasteiger partial charge in [0.1, 0.15) is 0 Å². The average Bonchev–Trinajstić information content (AvgIpc) is 2.71. The van der Waals surface area contributed by atoms with Crippen LogP contribution in [-0.2, 0) is 16.0 Å².